The predicted molar refractivity (Wildman–Crippen MR) is 57.5 cm³/mol. The lowest BCUT2D eigenvalue weighted by atomic mass is 10.1. The quantitative estimate of drug-likeness (QED) is 0.851. The smallest absolute Gasteiger partial charge is 0.255 e. The van der Waals surface area contributed by atoms with E-state index in [1.165, 1.54) is 0 Å². The molecule has 0 spiro atoms. The van der Waals surface area contributed by atoms with Crippen molar-refractivity contribution in [1.82, 2.24) is 15.1 Å². The lowest BCUT2D eigenvalue weighted by molar-refractivity contribution is 0.152. The molecule has 2 aromatic heterocycles. The summed E-state index contributed by atoms with van der Waals surface area (Å²) in [5, 5.41) is 13.1. The normalized spacial score (nSPS) is 12.7. The molecule has 0 radical (unpaired) electrons. The number of hydrogen-bond donors (Lipinski definition) is 1. The van der Waals surface area contributed by atoms with Gasteiger partial charge in [0.05, 0.1) is 0 Å². The highest BCUT2D eigenvalue weighted by Gasteiger charge is 2.14. The third-order valence-corrected chi connectivity index (χ3v) is 2.32. The zero-order chi connectivity index (χ0) is 11.5. The van der Waals surface area contributed by atoms with E-state index in [0.29, 0.717) is 5.82 Å². The van der Waals surface area contributed by atoms with Crippen molar-refractivity contribution in [3.8, 4) is 11.4 Å². The van der Waals surface area contributed by atoms with Gasteiger partial charge in [-0.25, -0.2) is 0 Å². The fraction of sp³-hybridized carbons (Fsp3) is 0.364. The summed E-state index contributed by atoms with van der Waals surface area (Å²) in [5.41, 5.74) is 1.95. The molecule has 5 nitrogen and oxygen atoms in total. The summed E-state index contributed by atoms with van der Waals surface area (Å²) < 4.78 is 4.95. The number of hydrogen-bond acceptors (Lipinski definition) is 5. The fourth-order valence-corrected chi connectivity index (χ4v) is 1.44. The number of rotatable bonds is 3. The van der Waals surface area contributed by atoms with Gasteiger partial charge in [-0.15, -0.1) is 0 Å². The van der Waals surface area contributed by atoms with Gasteiger partial charge in [-0.1, -0.05) is 12.1 Å². The topological polar surface area (TPSA) is 72.0 Å². The summed E-state index contributed by atoms with van der Waals surface area (Å²) >= 11 is 0. The van der Waals surface area contributed by atoms with E-state index in [1.807, 2.05) is 13.0 Å². The van der Waals surface area contributed by atoms with Crippen LogP contribution in [0, 0.1) is 0 Å². The third-order valence-electron chi connectivity index (χ3n) is 2.32. The molecule has 0 bridgehead atoms. The number of pyridine rings is 1. The Morgan fingerprint density at radius 1 is 1.50 bits per heavy atom. The van der Waals surface area contributed by atoms with Gasteiger partial charge in [0, 0.05) is 18.0 Å². The van der Waals surface area contributed by atoms with Gasteiger partial charge in [-0.3, -0.25) is 4.98 Å². The van der Waals surface area contributed by atoms with E-state index in [-0.39, 0.29) is 5.89 Å². The summed E-state index contributed by atoms with van der Waals surface area (Å²) in [6.45, 7) is 3.63. The molecule has 1 unspecified atom stereocenters. The van der Waals surface area contributed by atoms with Crippen LogP contribution in [0.3, 0.4) is 0 Å². The first-order chi connectivity index (χ1) is 7.72. The van der Waals surface area contributed by atoms with Gasteiger partial charge >= 0.3 is 0 Å². The van der Waals surface area contributed by atoms with Gasteiger partial charge in [0.25, 0.3) is 5.89 Å². The van der Waals surface area contributed by atoms with E-state index in [1.54, 1.807) is 19.3 Å². The molecule has 1 N–H and O–H groups in total. The van der Waals surface area contributed by atoms with E-state index in [2.05, 4.69) is 15.1 Å². The minimum Gasteiger partial charge on any atom is -0.384 e. The summed E-state index contributed by atoms with van der Waals surface area (Å²) in [7, 11) is 0. The Bertz CT molecular complexity index is 480. The Morgan fingerprint density at radius 3 is 2.94 bits per heavy atom. The van der Waals surface area contributed by atoms with Crippen LogP contribution in [0.25, 0.3) is 11.4 Å². The second kappa shape index (κ2) is 4.40. The fourth-order valence-electron chi connectivity index (χ4n) is 1.44. The van der Waals surface area contributed by atoms with Crippen LogP contribution in [0.1, 0.15) is 31.4 Å². The summed E-state index contributed by atoms with van der Waals surface area (Å²) in [4.78, 5) is 8.18. The van der Waals surface area contributed by atoms with Crippen LogP contribution in [0.2, 0.25) is 0 Å². The monoisotopic (exact) mass is 219 g/mol. The molecule has 0 saturated heterocycles. The molecule has 2 aromatic rings. The number of nitrogens with zero attached hydrogens (tertiary/aromatic N) is 3. The molecular weight excluding hydrogens is 206 g/mol. The zero-order valence-electron chi connectivity index (χ0n) is 9.21. The van der Waals surface area contributed by atoms with Crippen molar-refractivity contribution < 1.29 is 9.63 Å². The van der Waals surface area contributed by atoms with E-state index in [9.17, 15) is 5.11 Å². The van der Waals surface area contributed by atoms with Gasteiger partial charge in [0.2, 0.25) is 5.82 Å². The van der Waals surface area contributed by atoms with E-state index in [0.717, 1.165) is 17.5 Å². The van der Waals surface area contributed by atoms with Crippen LogP contribution in [0.5, 0.6) is 0 Å². The van der Waals surface area contributed by atoms with Crippen LogP contribution in [-0.4, -0.2) is 20.2 Å². The highest BCUT2D eigenvalue weighted by Crippen LogP contribution is 2.21. The first-order valence-electron chi connectivity index (χ1n) is 5.17. The molecule has 0 aliphatic rings. The van der Waals surface area contributed by atoms with Crippen LogP contribution < -0.4 is 0 Å². The van der Waals surface area contributed by atoms with Crippen molar-refractivity contribution in [2.75, 3.05) is 0 Å². The molecule has 2 rings (SSSR count). The van der Waals surface area contributed by atoms with Crippen molar-refractivity contribution in [1.29, 1.82) is 0 Å². The molecule has 1 atom stereocenters. The number of aliphatic hydroxyl groups excluding tert-OH is 1. The first kappa shape index (κ1) is 10.8. The Balaban J connectivity index is 2.42. The molecule has 0 saturated carbocycles. The minimum atomic E-state index is -0.742. The van der Waals surface area contributed by atoms with Gasteiger partial charge in [0.15, 0.2) is 0 Å². The summed E-state index contributed by atoms with van der Waals surface area (Å²) in [6.07, 6.45) is 3.58. The van der Waals surface area contributed by atoms with Crippen LogP contribution in [-0.2, 0) is 6.42 Å². The molecule has 0 fully saturated rings. The van der Waals surface area contributed by atoms with E-state index < -0.39 is 6.10 Å². The molecule has 2 heterocycles. The predicted octanol–water partition coefficient (Wildman–Crippen LogP) is 1.75. The zero-order valence-corrected chi connectivity index (χ0v) is 9.21. The maximum atomic E-state index is 9.30. The number of aromatic nitrogens is 3. The summed E-state index contributed by atoms with van der Waals surface area (Å²) in [5.74, 6) is 0.726. The van der Waals surface area contributed by atoms with Crippen molar-refractivity contribution in [2.45, 2.75) is 26.4 Å². The van der Waals surface area contributed by atoms with Gasteiger partial charge in [0.1, 0.15) is 6.10 Å². The lowest BCUT2D eigenvalue weighted by Gasteiger charge is -2.01. The van der Waals surface area contributed by atoms with Gasteiger partial charge in [-0.2, -0.15) is 4.98 Å². The summed E-state index contributed by atoms with van der Waals surface area (Å²) in [6, 6.07) is 1.84. The maximum Gasteiger partial charge on any atom is 0.255 e. The Morgan fingerprint density at radius 2 is 2.31 bits per heavy atom. The van der Waals surface area contributed by atoms with Crippen molar-refractivity contribution in [3.05, 3.63) is 29.9 Å². The molecule has 0 aliphatic heterocycles. The molecule has 0 amide bonds. The van der Waals surface area contributed by atoms with Gasteiger partial charge < -0.3 is 9.63 Å². The van der Waals surface area contributed by atoms with Crippen LogP contribution >= 0.6 is 0 Å². The standard InChI is InChI=1S/C11H13N3O2/c1-3-8-6-12-5-4-9(8)10-13-11(7(2)15)16-14-10/h4-7,15H,3H2,1-2H3. The molecule has 84 valence electrons. The second-order valence-electron chi connectivity index (χ2n) is 3.52. The molecule has 5 heteroatoms. The third kappa shape index (κ3) is 1.94. The van der Waals surface area contributed by atoms with Crippen LogP contribution in [0.4, 0.5) is 0 Å². The maximum absolute atomic E-state index is 9.30. The SMILES string of the molecule is CCc1cnccc1-c1noc(C(C)O)n1. The Kier molecular flexibility index (Phi) is 2.96. The Hall–Kier alpha value is -1.75. The lowest BCUT2D eigenvalue weighted by Crippen LogP contribution is -1.93. The largest absolute Gasteiger partial charge is 0.384 e. The number of aryl methyl sites for hydroxylation is 1. The van der Waals surface area contributed by atoms with E-state index in [4.69, 9.17) is 4.52 Å². The second-order valence-corrected chi connectivity index (χ2v) is 3.52. The molecule has 0 aliphatic carbocycles. The average molecular weight is 219 g/mol. The molecular formula is C11H13N3O2. The van der Waals surface area contributed by atoms with E-state index >= 15 is 0 Å². The van der Waals surface area contributed by atoms with Crippen LogP contribution in [0.15, 0.2) is 23.0 Å². The Labute approximate surface area is 93.1 Å². The highest BCUT2D eigenvalue weighted by atomic mass is 16.5. The molecule has 16 heavy (non-hydrogen) atoms. The average Bonchev–Trinajstić information content (AvgIpc) is 2.78. The minimum absolute atomic E-state index is 0.230. The van der Waals surface area contributed by atoms with Gasteiger partial charge in [-0.05, 0) is 25.0 Å². The highest BCUT2D eigenvalue weighted by molar-refractivity contribution is 5.58. The first-order valence-corrected chi connectivity index (χ1v) is 5.17. The van der Waals surface area contributed by atoms with Crippen molar-refractivity contribution >= 4 is 0 Å². The number of aliphatic hydroxyl groups is 1. The van der Waals surface area contributed by atoms with Crippen molar-refractivity contribution in [3.63, 3.8) is 0 Å². The van der Waals surface area contributed by atoms with Crippen molar-refractivity contribution in [2.24, 2.45) is 0 Å². The molecule has 0 aromatic carbocycles.